The summed E-state index contributed by atoms with van der Waals surface area (Å²) in [6.07, 6.45) is 0. The van der Waals surface area contributed by atoms with E-state index in [0.29, 0.717) is 29.8 Å². The van der Waals surface area contributed by atoms with Gasteiger partial charge < -0.3 is 19.5 Å². The van der Waals surface area contributed by atoms with Crippen LogP contribution in [0.15, 0.2) is 41.2 Å². The van der Waals surface area contributed by atoms with Gasteiger partial charge >= 0.3 is 0 Å². The Morgan fingerprint density at radius 1 is 1.09 bits per heavy atom. The van der Waals surface area contributed by atoms with Crippen LogP contribution in [0, 0.1) is 11.8 Å². The van der Waals surface area contributed by atoms with E-state index in [1.54, 1.807) is 55.9 Å². The highest BCUT2D eigenvalue weighted by Crippen LogP contribution is 2.49. The monoisotopic (exact) mass is 452 g/mol. The van der Waals surface area contributed by atoms with Gasteiger partial charge in [-0.15, -0.1) is 0 Å². The van der Waals surface area contributed by atoms with Crippen molar-refractivity contribution in [3.8, 4) is 11.1 Å². The van der Waals surface area contributed by atoms with Crippen LogP contribution < -0.4 is 5.56 Å². The average molecular weight is 453 g/mol. The second-order valence-corrected chi connectivity index (χ2v) is 9.33. The predicted molar refractivity (Wildman–Crippen MR) is 126 cm³/mol. The number of benzene rings is 1. The van der Waals surface area contributed by atoms with Crippen LogP contribution >= 0.6 is 0 Å². The molecule has 1 aromatic carbocycles. The molecule has 8 heteroatoms. The smallest absolute Gasteiger partial charge is 0.258 e. The second-order valence-electron chi connectivity index (χ2n) is 9.33. The Labute approximate surface area is 194 Å². The lowest BCUT2D eigenvalue weighted by Gasteiger charge is -2.31. The number of aromatic nitrogens is 1. The summed E-state index contributed by atoms with van der Waals surface area (Å²) in [5.74, 6) is -0.395. The highest BCUT2D eigenvalue weighted by Gasteiger charge is 2.55. The van der Waals surface area contributed by atoms with Gasteiger partial charge in [0.05, 0.1) is 12.1 Å². The van der Waals surface area contributed by atoms with E-state index < -0.39 is 6.04 Å². The molecule has 2 aliphatic heterocycles. The predicted octanol–water partition coefficient (Wildman–Crippen LogP) is 1.29. The molecular weight excluding hydrogens is 420 g/mol. The molecule has 0 saturated carbocycles. The van der Waals surface area contributed by atoms with E-state index in [0.717, 1.165) is 5.69 Å². The largest absolute Gasteiger partial charge is 0.396 e. The molecule has 4 atom stereocenters. The van der Waals surface area contributed by atoms with Crippen LogP contribution in [0.5, 0.6) is 0 Å². The molecule has 0 unspecified atom stereocenters. The Morgan fingerprint density at radius 3 is 2.42 bits per heavy atom. The summed E-state index contributed by atoms with van der Waals surface area (Å²) in [6, 6.07) is 10.4. The maximum Gasteiger partial charge on any atom is 0.258 e. The molecule has 4 rings (SSSR count). The van der Waals surface area contributed by atoms with Gasteiger partial charge in [-0.25, -0.2) is 0 Å². The van der Waals surface area contributed by atoms with Crippen LogP contribution in [0.25, 0.3) is 11.1 Å². The minimum Gasteiger partial charge on any atom is -0.396 e. The Balaban J connectivity index is 1.75. The van der Waals surface area contributed by atoms with Crippen molar-refractivity contribution in [3.05, 3.63) is 58.0 Å². The summed E-state index contributed by atoms with van der Waals surface area (Å²) < 4.78 is 1.78. The van der Waals surface area contributed by atoms with Crippen molar-refractivity contribution < 1.29 is 14.7 Å². The van der Waals surface area contributed by atoms with Crippen LogP contribution in [0.3, 0.4) is 0 Å². The number of aliphatic hydroxyl groups is 1. The van der Waals surface area contributed by atoms with Gasteiger partial charge in [0.25, 0.3) is 11.5 Å². The van der Waals surface area contributed by atoms with E-state index in [-0.39, 0.29) is 41.9 Å². The summed E-state index contributed by atoms with van der Waals surface area (Å²) in [4.78, 5) is 44.1. The SMILES string of the molecule is CCN1[C@H](C(=O)N(C)C)[C@@H](CO)[C@@H]2Cn3c(ccc(-c4cccc(C(=O)N(C)C)c4)c3=O)[C@@H]21. The average Bonchev–Trinajstić information content (AvgIpc) is 3.32. The number of likely N-dealkylation sites (tertiary alicyclic amines) is 1. The first-order valence-corrected chi connectivity index (χ1v) is 11.3. The zero-order valence-electron chi connectivity index (χ0n) is 19.9. The Bertz CT molecular complexity index is 1140. The molecule has 1 saturated heterocycles. The van der Waals surface area contributed by atoms with Gasteiger partial charge in [0.1, 0.15) is 0 Å². The van der Waals surface area contributed by atoms with Crippen molar-refractivity contribution in [1.29, 1.82) is 0 Å². The number of aliphatic hydroxyl groups excluding tert-OH is 1. The number of hydrogen-bond acceptors (Lipinski definition) is 5. The highest BCUT2D eigenvalue weighted by atomic mass is 16.3. The number of carbonyl (C=O) groups excluding carboxylic acids is 2. The normalized spacial score (nSPS) is 23.8. The molecule has 8 nitrogen and oxygen atoms in total. The van der Waals surface area contributed by atoms with E-state index in [4.69, 9.17) is 0 Å². The molecule has 176 valence electrons. The molecule has 0 aliphatic carbocycles. The third-order valence-corrected chi connectivity index (χ3v) is 7.08. The maximum absolute atomic E-state index is 13.5. The van der Waals surface area contributed by atoms with E-state index in [1.807, 2.05) is 25.1 Å². The van der Waals surface area contributed by atoms with Crippen LogP contribution in [-0.4, -0.2) is 83.6 Å². The van der Waals surface area contributed by atoms with Crippen molar-refractivity contribution in [2.45, 2.75) is 25.6 Å². The zero-order chi connectivity index (χ0) is 24.0. The van der Waals surface area contributed by atoms with Gasteiger partial charge in [-0.2, -0.15) is 0 Å². The molecule has 1 aromatic heterocycles. The highest BCUT2D eigenvalue weighted by molar-refractivity contribution is 5.95. The molecular formula is C25H32N4O4. The van der Waals surface area contributed by atoms with Gasteiger partial charge in [-0.05, 0) is 36.4 Å². The fourth-order valence-corrected chi connectivity index (χ4v) is 5.52. The fraction of sp³-hybridized carbons (Fsp3) is 0.480. The first-order chi connectivity index (χ1) is 15.7. The van der Waals surface area contributed by atoms with Gasteiger partial charge in [0, 0.05) is 70.0 Å². The number of likely N-dealkylation sites (N-methyl/N-ethyl adjacent to an activating group) is 2. The van der Waals surface area contributed by atoms with E-state index in [1.165, 1.54) is 4.90 Å². The van der Waals surface area contributed by atoms with E-state index in [2.05, 4.69) is 4.90 Å². The third-order valence-electron chi connectivity index (χ3n) is 7.08. The Morgan fingerprint density at radius 2 is 1.82 bits per heavy atom. The summed E-state index contributed by atoms with van der Waals surface area (Å²) in [5, 5.41) is 10.2. The van der Waals surface area contributed by atoms with E-state index >= 15 is 0 Å². The molecule has 0 spiro atoms. The van der Waals surface area contributed by atoms with Crippen molar-refractivity contribution in [2.24, 2.45) is 11.8 Å². The second kappa shape index (κ2) is 8.76. The topological polar surface area (TPSA) is 86.1 Å². The third kappa shape index (κ3) is 3.67. The molecule has 2 aromatic rings. The van der Waals surface area contributed by atoms with Crippen molar-refractivity contribution >= 4 is 11.8 Å². The number of amides is 2. The van der Waals surface area contributed by atoms with Crippen molar-refractivity contribution in [1.82, 2.24) is 19.3 Å². The number of hydrogen-bond donors (Lipinski definition) is 1. The lowest BCUT2D eigenvalue weighted by Crippen LogP contribution is -2.47. The quantitative estimate of drug-likeness (QED) is 0.739. The fourth-order valence-electron chi connectivity index (χ4n) is 5.52. The summed E-state index contributed by atoms with van der Waals surface area (Å²) in [7, 11) is 6.87. The molecule has 33 heavy (non-hydrogen) atoms. The van der Waals surface area contributed by atoms with E-state index in [9.17, 15) is 19.5 Å². The number of carbonyl (C=O) groups is 2. The number of fused-ring (bicyclic) bond motifs is 3. The molecule has 0 bridgehead atoms. The van der Waals surface area contributed by atoms with Crippen LogP contribution in [0.4, 0.5) is 0 Å². The first-order valence-electron chi connectivity index (χ1n) is 11.3. The molecule has 3 heterocycles. The van der Waals surface area contributed by atoms with Gasteiger partial charge in [-0.1, -0.05) is 19.1 Å². The molecule has 0 radical (unpaired) electrons. The molecule has 1 N–H and O–H groups in total. The van der Waals surface area contributed by atoms with Crippen molar-refractivity contribution in [2.75, 3.05) is 41.3 Å². The molecule has 1 fully saturated rings. The maximum atomic E-state index is 13.5. The first kappa shape index (κ1) is 23.2. The minimum atomic E-state index is -0.401. The van der Waals surface area contributed by atoms with Gasteiger partial charge in [-0.3, -0.25) is 19.3 Å². The van der Waals surface area contributed by atoms with Crippen LogP contribution in [-0.2, 0) is 11.3 Å². The number of pyridine rings is 1. The minimum absolute atomic E-state index is 0.0156. The zero-order valence-corrected chi connectivity index (χ0v) is 19.9. The standard InChI is InChI=1S/C25H32N4O4/c1-6-28-21-18(19(14-30)22(28)25(33)27(4)5)13-29-20(21)11-10-17(24(29)32)15-8-7-9-16(12-15)23(31)26(2)3/h7-12,18-19,21-22,30H,6,13-14H2,1-5H3/t18-,19-,21+,22-/m0/s1. The van der Waals surface area contributed by atoms with Crippen molar-refractivity contribution in [3.63, 3.8) is 0 Å². The number of nitrogens with zero attached hydrogens (tertiary/aromatic N) is 4. The van der Waals surface area contributed by atoms with Crippen LogP contribution in [0.1, 0.15) is 29.0 Å². The van der Waals surface area contributed by atoms with Crippen LogP contribution in [0.2, 0.25) is 0 Å². The summed E-state index contributed by atoms with van der Waals surface area (Å²) in [6.45, 7) is 3.01. The summed E-state index contributed by atoms with van der Waals surface area (Å²) >= 11 is 0. The molecule has 2 amide bonds. The summed E-state index contributed by atoms with van der Waals surface area (Å²) in [5.41, 5.74) is 2.54. The molecule has 2 aliphatic rings. The Hall–Kier alpha value is -2.97. The lowest BCUT2D eigenvalue weighted by atomic mass is 9.88. The number of rotatable bonds is 5. The van der Waals surface area contributed by atoms with Gasteiger partial charge in [0.15, 0.2) is 0 Å². The Kier molecular flexibility index (Phi) is 6.16. The lowest BCUT2D eigenvalue weighted by molar-refractivity contribution is -0.135. The van der Waals surface area contributed by atoms with Gasteiger partial charge in [0.2, 0.25) is 5.91 Å².